The molecule has 5 nitrogen and oxygen atoms in total. The highest BCUT2D eigenvalue weighted by Gasteiger charge is 2.49. The lowest BCUT2D eigenvalue weighted by Crippen LogP contribution is -2.53. The highest BCUT2D eigenvalue weighted by Crippen LogP contribution is 2.25. The van der Waals surface area contributed by atoms with Gasteiger partial charge >= 0.3 is 6.03 Å². The Labute approximate surface area is 76.5 Å². The molecule has 72 valence electrons. The minimum atomic E-state index is -0.600. The number of nitrogens with one attached hydrogen (secondary N) is 2. The third-order valence-corrected chi connectivity index (χ3v) is 2.82. The van der Waals surface area contributed by atoms with Gasteiger partial charge in [-0.3, -0.25) is 9.69 Å². The minimum absolute atomic E-state index is 0.0843. The van der Waals surface area contributed by atoms with E-state index >= 15 is 0 Å². The summed E-state index contributed by atoms with van der Waals surface area (Å²) in [6.45, 7) is 1.58. The summed E-state index contributed by atoms with van der Waals surface area (Å²) in [6.07, 6.45) is 1.39. The van der Waals surface area contributed by atoms with Crippen LogP contribution in [-0.2, 0) is 4.79 Å². The summed E-state index contributed by atoms with van der Waals surface area (Å²) in [7, 11) is 1.52. The second kappa shape index (κ2) is 2.70. The smallest absolute Gasteiger partial charge is 0.323 e. The van der Waals surface area contributed by atoms with Gasteiger partial charge in [-0.15, -0.1) is 0 Å². The molecule has 0 aromatic rings. The summed E-state index contributed by atoms with van der Waals surface area (Å²) >= 11 is 0. The molecule has 0 aromatic heterocycles. The maximum Gasteiger partial charge on any atom is 0.324 e. The van der Waals surface area contributed by atoms with Crippen molar-refractivity contribution in [2.24, 2.45) is 0 Å². The number of urea groups is 1. The maximum atomic E-state index is 11.7. The molecule has 2 fully saturated rings. The van der Waals surface area contributed by atoms with Gasteiger partial charge in [-0.2, -0.15) is 0 Å². The molecular formula is C8H13N3O2. The summed E-state index contributed by atoms with van der Waals surface area (Å²) in [5, 5.41) is 5.93. The fourth-order valence-corrected chi connectivity index (χ4v) is 1.95. The fraction of sp³-hybridized carbons (Fsp3) is 0.750. The number of hydrogen-bond acceptors (Lipinski definition) is 3. The molecule has 2 aliphatic heterocycles. The van der Waals surface area contributed by atoms with Crippen molar-refractivity contribution in [1.82, 2.24) is 15.5 Å². The second-order valence-electron chi connectivity index (χ2n) is 3.63. The highest BCUT2D eigenvalue weighted by atomic mass is 16.2. The zero-order valence-electron chi connectivity index (χ0n) is 7.59. The number of likely N-dealkylation sites (N-methyl/N-ethyl adjacent to an activating group) is 1. The van der Waals surface area contributed by atoms with Crippen LogP contribution >= 0.6 is 0 Å². The van der Waals surface area contributed by atoms with Gasteiger partial charge in [0.05, 0.1) is 0 Å². The van der Waals surface area contributed by atoms with E-state index in [-0.39, 0.29) is 11.9 Å². The van der Waals surface area contributed by atoms with Crippen LogP contribution in [0.4, 0.5) is 4.79 Å². The van der Waals surface area contributed by atoms with E-state index in [0.717, 1.165) is 13.1 Å². The van der Waals surface area contributed by atoms with Crippen LogP contribution in [0.25, 0.3) is 0 Å². The van der Waals surface area contributed by atoms with E-state index in [4.69, 9.17) is 0 Å². The molecule has 0 saturated carbocycles. The van der Waals surface area contributed by atoms with Crippen molar-refractivity contribution in [3.05, 3.63) is 0 Å². The average molecular weight is 183 g/mol. The van der Waals surface area contributed by atoms with Gasteiger partial charge in [0.1, 0.15) is 5.54 Å². The van der Waals surface area contributed by atoms with Crippen molar-refractivity contribution >= 4 is 11.9 Å². The van der Waals surface area contributed by atoms with Crippen molar-refractivity contribution < 1.29 is 9.59 Å². The summed E-state index contributed by atoms with van der Waals surface area (Å²) in [4.78, 5) is 24.1. The Balaban J connectivity index is 2.23. The molecule has 0 aliphatic carbocycles. The van der Waals surface area contributed by atoms with Crippen molar-refractivity contribution in [3.8, 4) is 0 Å². The number of carbonyl (C=O) groups excluding carboxylic acids is 2. The first-order valence-corrected chi connectivity index (χ1v) is 4.47. The topological polar surface area (TPSA) is 61.4 Å². The van der Waals surface area contributed by atoms with E-state index in [9.17, 15) is 9.59 Å². The molecule has 2 saturated heterocycles. The van der Waals surface area contributed by atoms with E-state index in [1.54, 1.807) is 0 Å². The number of nitrogens with zero attached hydrogens (tertiary/aromatic N) is 1. The number of hydrogen-bond donors (Lipinski definition) is 2. The Hall–Kier alpha value is -1.10. The quantitative estimate of drug-likeness (QED) is 0.488. The number of imide groups is 1. The fourth-order valence-electron chi connectivity index (χ4n) is 1.95. The van der Waals surface area contributed by atoms with Gasteiger partial charge < -0.3 is 10.6 Å². The largest absolute Gasteiger partial charge is 0.324 e. The SMILES string of the molecule is CN1C(=O)NC2(CCNCC2)C1=O. The molecule has 2 N–H and O–H groups in total. The van der Waals surface area contributed by atoms with E-state index in [2.05, 4.69) is 10.6 Å². The number of rotatable bonds is 0. The van der Waals surface area contributed by atoms with E-state index < -0.39 is 5.54 Å². The molecule has 2 aliphatic rings. The third kappa shape index (κ3) is 1.11. The molecule has 0 radical (unpaired) electrons. The van der Waals surface area contributed by atoms with Crippen LogP contribution in [0.3, 0.4) is 0 Å². The van der Waals surface area contributed by atoms with E-state index in [1.165, 1.54) is 11.9 Å². The maximum absolute atomic E-state index is 11.7. The van der Waals surface area contributed by atoms with Crippen LogP contribution in [0.5, 0.6) is 0 Å². The van der Waals surface area contributed by atoms with Crippen LogP contribution in [0.1, 0.15) is 12.8 Å². The average Bonchev–Trinajstić information content (AvgIpc) is 2.33. The summed E-state index contributed by atoms with van der Waals surface area (Å²) < 4.78 is 0. The molecule has 2 heterocycles. The number of carbonyl (C=O) groups is 2. The Morgan fingerprint density at radius 2 is 1.92 bits per heavy atom. The number of amides is 3. The van der Waals surface area contributed by atoms with Gasteiger partial charge in [-0.05, 0) is 25.9 Å². The van der Waals surface area contributed by atoms with Crippen molar-refractivity contribution in [2.75, 3.05) is 20.1 Å². The van der Waals surface area contributed by atoms with Crippen LogP contribution in [0.15, 0.2) is 0 Å². The molecule has 2 rings (SSSR count). The summed E-state index contributed by atoms with van der Waals surface area (Å²) in [5.74, 6) is -0.0843. The van der Waals surface area contributed by atoms with Crippen LogP contribution in [0, 0.1) is 0 Å². The lowest BCUT2D eigenvalue weighted by atomic mass is 9.88. The van der Waals surface area contributed by atoms with Gasteiger partial charge in [0.25, 0.3) is 5.91 Å². The third-order valence-electron chi connectivity index (χ3n) is 2.82. The lowest BCUT2D eigenvalue weighted by molar-refractivity contribution is -0.131. The first-order chi connectivity index (χ1) is 6.16. The summed E-state index contributed by atoms with van der Waals surface area (Å²) in [6, 6.07) is -0.271. The zero-order valence-corrected chi connectivity index (χ0v) is 7.59. The standard InChI is InChI=1S/C8H13N3O2/c1-11-6(12)8(10-7(11)13)2-4-9-5-3-8/h9H,2-5H2,1H3,(H,10,13). The Morgan fingerprint density at radius 3 is 2.38 bits per heavy atom. The molecule has 0 atom stereocenters. The molecule has 0 unspecified atom stereocenters. The van der Waals surface area contributed by atoms with Gasteiger partial charge in [-0.1, -0.05) is 0 Å². The normalized spacial score (nSPS) is 26.7. The predicted molar refractivity (Wildman–Crippen MR) is 46.1 cm³/mol. The first kappa shape index (κ1) is 8.50. The van der Waals surface area contributed by atoms with Crippen molar-refractivity contribution in [3.63, 3.8) is 0 Å². The van der Waals surface area contributed by atoms with Crippen LogP contribution in [0.2, 0.25) is 0 Å². The van der Waals surface area contributed by atoms with Gasteiger partial charge in [0.15, 0.2) is 0 Å². The van der Waals surface area contributed by atoms with Gasteiger partial charge in [0.2, 0.25) is 0 Å². The molecule has 1 spiro atoms. The molecule has 3 amide bonds. The second-order valence-corrected chi connectivity index (χ2v) is 3.63. The number of piperidine rings is 1. The Bertz CT molecular complexity index is 258. The predicted octanol–water partition coefficient (Wildman–Crippen LogP) is -0.710. The van der Waals surface area contributed by atoms with Gasteiger partial charge in [-0.25, -0.2) is 4.79 Å². The summed E-state index contributed by atoms with van der Waals surface area (Å²) in [5.41, 5.74) is -0.600. The molecule has 13 heavy (non-hydrogen) atoms. The van der Waals surface area contributed by atoms with E-state index in [1.807, 2.05) is 0 Å². The van der Waals surface area contributed by atoms with E-state index in [0.29, 0.717) is 12.8 Å². The first-order valence-electron chi connectivity index (χ1n) is 4.47. The molecule has 0 bridgehead atoms. The van der Waals surface area contributed by atoms with Crippen molar-refractivity contribution in [2.45, 2.75) is 18.4 Å². The van der Waals surface area contributed by atoms with Crippen LogP contribution in [-0.4, -0.2) is 42.5 Å². The minimum Gasteiger partial charge on any atom is -0.323 e. The monoisotopic (exact) mass is 183 g/mol. The van der Waals surface area contributed by atoms with Crippen LogP contribution < -0.4 is 10.6 Å². The lowest BCUT2D eigenvalue weighted by Gasteiger charge is -2.30. The zero-order chi connectivity index (χ0) is 9.47. The Kier molecular flexibility index (Phi) is 1.76. The van der Waals surface area contributed by atoms with Gasteiger partial charge in [0, 0.05) is 7.05 Å². The highest BCUT2D eigenvalue weighted by molar-refractivity contribution is 6.06. The van der Waals surface area contributed by atoms with Crippen molar-refractivity contribution in [1.29, 1.82) is 0 Å². The molecule has 5 heteroatoms. The Morgan fingerprint density at radius 1 is 1.31 bits per heavy atom. The molecule has 0 aromatic carbocycles. The molecular weight excluding hydrogens is 170 g/mol.